The minimum absolute atomic E-state index is 0.316. The lowest BCUT2D eigenvalue weighted by Gasteiger charge is -2.10. The second-order valence-electron chi connectivity index (χ2n) is 5.61. The largest absolute Gasteiger partial charge is 0.493 e. The minimum atomic E-state index is -0.739. The van der Waals surface area contributed by atoms with E-state index in [-0.39, 0.29) is 0 Å². The Morgan fingerprint density at radius 3 is 2.38 bits per heavy atom. The number of benzene rings is 2. The quantitative estimate of drug-likeness (QED) is 0.760. The first-order valence-electron chi connectivity index (χ1n) is 8.01. The third kappa shape index (κ3) is 5.13. The highest BCUT2D eigenvalue weighted by Crippen LogP contribution is 2.27. The van der Waals surface area contributed by atoms with Gasteiger partial charge < -0.3 is 20.1 Å². The zero-order valence-corrected chi connectivity index (χ0v) is 15.6. The molecule has 26 heavy (non-hydrogen) atoms. The fourth-order valence-corrected chi connectivity index (χ4v) is 2.48. The summed E-state index contributed by atoms with van der Waals surface area (Å²) in [6.07, 6.45) is 0.551. The van der Waals surface area contributed by atoms with Crippen molar-refractivity contribution >= 4 is 29.1 Å². The summed E-state index contributed by atoms with van der Waals surface area (Å²) in [6.45, 7) is 2.17. The van der Waals surface area contributed by atoms with Crippen molar-refractivity contribution in [2.75, 3.05) is 26.1 Å². The predicted molar refractivity (Wildman–Crippen MR) is 101 cm³/mol. The minimum Gasteiger partial charge on any atom is -0.493 e. The first-order chi connectivity index (χ1) is 12.4. The van der Waals surface area contributed by atoms with Crippen LogP contribution in [0.25, 0.3) is 0 Å². The number of halogens is 1. The summed E-state index contributed by atoms with van der Waals surface area (Å²) in [5.74, 6) is -0.193. The van der Waals surface area contributed by atoms with Crippen LogP contribution in [0.2, 0.25) is 5.02 Å². The smallest absolute Gasteiger partial charge is 0.313 e. The molecule has 2 rings (SSSR count). The molecule has 2 aromatic rings. The number of aryl methyl sites for hydroxylation is 1. The maximum Gasteiger partial charge on any atom is 0.313 e. The van der Waals surface area contributed by atoms with E-state index in [1.54, 1.807) is 38.5 Å². The lowest BCUT2D eigenvalue weighted by Crippen LogP contribution is -2.36. The summed E-state index contributed by atoms with van der Waals surface area (Å²) < 4.78 is 10.4. The van der Waals surface area contributed by atoms with Crippen molar-refractivity contribution in [2.24, 2.45) is 0 Å². The van der Waals surface area contributed by atoms with Crippen molar-refractivity contribution in [1.29, 1.82) is 0 Å². The first-order valence-corrected chi connectivity index (χ1v) is 8.38. The van der Waals surface area contributed by atoms with Gasteiger partial charge in [-0.3, -0.25) is 9.59 Å². The van der Waals surface area contributed by atoms with Crippen molar-refractivity contribution in [3.05, 3.63) is 52.5 Å². The molecule has 0 aliphatic rings. The molecule has 6 nitrogen and oxygen atoms in total. The Morgan fingerprint density at radius 2 is 1.73 bits per heavy atom. The van der Waals surface area contributed by atoms with E-state index in [1.165, 1.54) is 0 Å². The van der Waals surface area contributed by atoms with Crippen molar-refractivity contribution in [1.82, 2.24) is 5.32 Å². The molecular weight excluding hydrogens is 356 g/mol. The van der Waals surface area contributed by atoms with Crippen molar-refractivity contribution in [3.63, 3.8) is 0 Å². The molecule has 0 heterocycles. The number of hydrogen-bond donors (Lipinski definition) is 2. The molecule has 2 aromatic carbocycles. The number of hydrogen-bond acceptors (Lipinski definition) is 4. The lowest BCUT2D eigenvalue weighted by atomic mass is 10.1. The molecule has 0 saturated heterocycles. The van der Waals surface area contributed by atoms with Crippen molar-refractivity contribution in [2.45, 2.75) is 13.3 Å². The van der Waals surface area contributed by atoms with E-state index >= 15 is 0 Å². The van der Waals surface area contributed by atoms with E-state index in [0.29, 0.717) is 35.2 Å². The second kappa shape index (κ2) is 9.10. The van der Waals surface area contributed by atoms with Gasteiger partial charge in [-0.2, -0.15) is 0 Å². The number of methoxy groups -OCH3 is 2. The van der Waals surface area contributed by atoms with E-state index < -0.39 is 11.8 Å². The number of amides is 2. The molecule has 0 fully saturated rings. The van der Waals surface area contributed by atoms with Gasteiger partial charge >= 0.3 is 11.8 Å². The van der Waals surface area contributed by atoms with Gasteiger partial charge in [-0.25, -0.2) is 0 Å². The Labute approximate surface area is 157 Å². The zero-order chi connectivity index (χ0) is 19.1. The van der Waals surface area contributed by atoms with Crippen LogP contribution in [0.15, 0.2) is 36.4 Å². The molecule has 0 aliphatic carbocycles. The highest BCUT2D eigenvalue weighted by molar-refractivity contribution is 6.39. The highest BCUT2D eigenvalue weighted by atomic mass is 35.5. The zero-order valence-electron chi connectivity index (χ0n) is 14.9. The summed E-state index contributed by atoms with van der Waals surface area (Å²) in [5.41, 5.74) is 2.32. The van der Waals surface area contributed by atoms with Crippen LogP contribution < -0.4 is 20.1 Å². The van der Waals surface area contributed by atoms with Gasteiger partial charge in [0.15, 0.2) is 11.5 Å². The molecule has 0 unspecified atom stereocenters. The number of nitrogens with one attached hydrogen (secondary N) is 2. The normalized spacial score (nSPS) is 10.2. The van der Waals surface area contributed by atoms with Crippen LogP contribution in [-0.2, 0) is 16.0 Å². The van der Waals surface area contributed by atoms with Gasteiger partial charge in [-0.05, 0) is 48.7 Å². The highest BCUT2D eigenvalue weighted by Gasteiger charge is 2.14. The molecular formula is C19H21ClN2O4. The maximum absolute atomic E-state index is 11.9. The van der Waals surface area contributed by atoms with E-state index in [0.717, 1.165) is 11.1 Å². The molecule has 0 spiro atoms. The number of anilines is 1. The second-order valence-corrected chi connectivity index (χ2v) is 6.02. The lowest BCUT2D eigenvalue weighted by molar-refractivity contribution is -0.136. The van der Waals surface area contributed by atoms with Gasteiger partial charge in [0.2, 0.25) is 0 Å². The topological polar surface area (TPSA) is 76.7 Å². The molecule has 0 bridgehead atoms. The fraction of sp³-hybridized carbons (Fsp3) is 0.263. The van der Waals surface area contributed by atoms with E-state index in [9.17, 15) is 9.59 Å². The van der Waals surface area contributed by atoms with Crippen molar-refractivity contribution < 1.29 is 19.1 Å². The molecule has 0 atom stereocenters. The Morgan fingerprint density at radius 1 is 1.00 bits per heavy atom. The molecule has 7 heteroatoms. The average Bonchev–Trinajstić information content (AvgIpc) is 2.64. The maximum atomic E-state index is 11.9. The average molecular weight is 377 g/mol. The van der Waals surface area contributed by atoms with Crippen LogP contribution in [-0.4, -0.2) is 32.6 Å². The number of rotatable bonds is 6. The number of ether oxygens (including phenoxy) is 2. The summed E-state index contributed by atoms with van der Waals surface area (Å²) in [4.78, 5) is 23.8. The summed E-state index contributed by atoms with van der Waals surface area (Å²) in [6, 6.07) is 10.6. The van der Waals surface area contributed by atoms with Crippen LogP contribution in [0.5, 0.6) is 11.5 Å². The fourth-order valence-electron chi connectivity index (χ4n) is 2.30. The van der Waals surface area contributed by atoms with E-state index in [1.807, 2.05) is 19.1 Å². The number of carbonyl (C=O) groups is 2. The molecule has 2 amide bonds. The van der Waals surface area contributed by atoms with Gasteiger partial charge in [0, 0.05) is 17.3 Å². The van der Waals surface area contributed by atoms with Crippen LogP contribution in [0, 0.1) is 6.92 Å². The predicted octanol–water partition coefficient (Wildman–Crippen LogP) is 2.96. The van der Waals surface area contributed by atoms with Crippen LogP contribution in [0.1, 0.15) is 11.1 Å². The van der Waals surface area contributed by atoms with E-state index in [4.69, 9.17) is 21.1 Å². The van der Waals surface area contributed by atoms with Gasteiger partial charge in [0.05, 0.1) is 14.2 Å². The van der Waals surface area contributed by atoms with Crippen LogP contribution in [0.3, 0.4) is 0 Å². The van der Waals surface area contributed by atoms with Crippen LogP contribution in [0.4, 0.5) is 5.69 Å². The molecule has 0 aliphatic heterocycles. The van der Waals surface area contributed by atoms with Gasteiger partial charge in [-0.1, -0.05) is 23.7 Å². The molecule has 138 valence electrons. The Bertz CT molecular complexity index is 808. The van der Waals surface area contributed by atoms with Gasteiger partial charge in [-0.15, -0.1) is 0 Å². The summed E-state index contributed by atoms with van der Waals surface area (Å²) >= 11 is 6.00. The third-order valence-electron chi connectivity index (χ3n) is 3.78. The van der Waals surface area contributed by atoms with Crippen LogP contribution >= 0.6 is 11.6 Å². The summed E-state index contributed by atoms with van der Waals surface area (Å²) in [5, 5.41) is 5.63. The number of carbonyl (C=O) groups excluding carboxylic acids is 2. The standard InChI is InChI=1S/C19H21ClN2O4/c1-12-4-6-14(11-15(12)20)22-19(24)18(23)21-9-8-13-5-7-16(25-2)17(10-13)26-3/h4-7,10-11H,8-9H2,1-3H3,(H,21,23)(H,22,24). The monoisotopic (exact) mass is 376 g/mol. The molecule has 0 saturated carbocycles. The van der Waals surface area contributed by atoms with Gasteiger partial charge in [0.1, 0.15) is 0 Å². The first kappa shape index (κ1) is 19.6. The van der Waals surface area contributed by atoms with Crippen molar-refractivity contribution in [3.8, 4) is 11.5 Å². The van der Waals surface area contributed by atoms with E-state index in [2.05, 4.69) is 10.6 Å². The third-order valence-corrected chi connectivity index (χ3v) is 4.19. The molecule has 0 aromatic heterocycles. The Kier molecular flexibility index (Phi) is 6.86. The Balaban J connectivity index is 1.86. The molecule has 0 radical (unpaired) electrons. The SMILES string of the molecule is COc1ccc(CCNC(=O)C(=O)Nc2ccc(C)c(Cl)c2)cc1OC. The summed E-state index contributed by atoms with van der Waals surface area (Å²) in [7, 11) is 3.13. The Hall–Kier alpha value is -2.73. The van der Waals surface area contributed by atoms with Gasteiger partial charge in [0.25, 0.3) is 0 Å². The molecule has 2 N–H and O–H groups in total.